The number of hydrogen-bond acceptors (Lipinski definition) is 14. The van der Waals surface area contributed by atoms with E-state index in [9.17, 15) is 4.79 Å². The first-order chi connectivity index (χ1) is 28.3. The summed E-state index contributed by atoms with van der Waals surface area (Å²) in [5.74, 6) is -0.458. The summed E-state index contributed by atoms with van der Waals surface area (Å²) in [5, 5.41) is 0. The zero-order chi connectivity index (χ0) is 41.1. The first-order valence-corrected chi connectivity index (χ1v) is 22.0. The summed E-state index contributed by atoms with van der Waals surface area (Å²) in [5.41, 5.74) is 0. The zero-order valence-corrected chi connectivity index (χ0v) is 36.1. The topological polar surface area (TPSA) is 137 Å². The third-order valence-electron chi connectivity index (χ3n) is 8.37. The molecule has 0 rings (SSSR count). The van der Waals surface area contributed by atoms with E-state index >= 15 is 0 Å². The smallest absolute Gasteiger partial charge is 0.330 e. The van der Waals surface area contributed by atoms with E-state index in [4.69, 9.17) is 61.6 Å². The van der Waals surface area contributed by atoms with Crippen LogP contribution >= 0.6 is 0 Å². The zero-order valence-electron chi connectivity index (χ0n) is 36.1. The lowest BCUT2D eigenvalue weighted by Crippen LogP contribution is -2.15. The Balaban J connectivity index is 3.06. The van der Waals surface area contributed by atoms with Gasteiger partial charge in [0.05, 0.1) is 152 Å². The summed E-state index contributed by atoms with van der Waals surface area (Å²) in [6.45, 7) is 18.2. The Labute approximate surface area is 346 Å². The standard InChI is InChI=1S/C43H84O14/c1-3-5-6-7-8-9-10-11-12-13-14-15-16-17-18-45-19-20-46-21-22-47-23-24-48-25-26-49-27-28-50-29-30-51-31-32-52-33-34-53-35-36-54-37-38-55-39-40-56-41-42-57-43(44)4-2/h4H,2-3,5-42H2,1H3. The number of esters is 1. The number of carbonyl (C=O) groups is 1. The van der Waals surface area contributed by atoms with E-state index in [2.05, 4.69) is 13.5 Å². The van der Waals surface area contributed by atoms with Crippen LogP contribution in [0.4, 0.5) is 0 Å². The molecule has 0 aliphatic rings. The highest BCUT2D eigenvalue weighted by Gasteiger charge is 1.99. The lowest BCUT2D eigenvalue weighted by atomic mass is 10.0. The van der Waals surface area contributed by atoms with E-state index in [0.717, 1.165) is 19.1 Å². The van der Waals surface area contributed by atoms with Crippen LogP contribution in [0.5, 0.6) is 0 Å². The predicted octanol–water partition coefficient (Wildman–Crippen LogP) is 6.40. The molecule has 0 atom stereocenters. The van der Waals surface area contributed by atoms with Gasteiger partial charge in [-0.15, -0.1) is 0 Å². The quantitative estimate of drug-likeness (QED) is 0.0380. The molecule has 0 saturated heterocycles. The minimum Gasteiger partial charge on any atom is -0.460 e. The van der Waals surface area contributed by atoms with Crippen molar-refractivity contribution in [1.29, 1.82) is 0 Å². The van der Waals surface area contributed by atoms with Crippen LogP contribution in [-0.2, 0) is 66.4 Å². The summed E-state index contributed by atoms with van der Waals surface area (Å²) in [6, 6.07) is 0. The Kier molecular flexibility index (Phi) is 51.6. The van der Waals surface area contributed by atoms with Gasteiger partial charge >= 0.3 is 5.97 Å². The molecule has 0 aromatic rings. The molecule has 0 bridgehead atoms. The summed E-state index contributed by atoms with van der Waals surface area (Å²) in [7, 11) is 0. The molecule has 340 valence electrons. The van der Waals surface area contributed by atoms with Crippen molar-refractivity contribution in [2.24, 2.45) is 0 Å². The van der Waals surface area contributed by atoms with Crippen LogP contribution in [0, 0.1) is 0 Å². The molecule has 0 saturated carbocycles. The van der Waals surface area contributed by atoms with E-state index in [1.807, 2.05) is 0 Å². The molecular formula is C43H84O14. The largest absolute Gasteiger partial charge is 0.460 e. The second kappa shape index (κ2) is 52.7. The molecule has 0 aromatic heterocycles. The fourth-order valence-corrected chi connectivity index (χ4v) is 5.18. The molecule has 57 heavy (non-hydrogen) atoms. The van der Waals surface area contributed by atoms with Crippen LogP contribution in [0.15, 0.2) is 12.7 Å². The van der Waals surface area contributed by atoms with E-state index in [1.54, 1.807) is 0 Å². The van der Waals surface area contributed by atoms with Crippen molar-refractivity contribution in [2.45, 2.75) is 96.8 Å². The molecule has 0 unspecified atom stereocenters. The van der Waals surface area contributed by atoms with Gasteiger partial charge in [-0.2, -0.15) is 0 Å². The van der Waals surface area contributed by atoms with Gasteiger partial charge in [0.1, 0.15) is 6.61 Å². The van der Waals surface area contributed by atoms with Gasteiger partial charge in [0, 0.05) is 12.7 Å². The van der Waals surface area contributed by atoms with E-state index in [0.29, 0.717) is 152 Å². The fraction of sp³-hybridized carbons (Fsp3) is 0.930. The average molecular weight is 825 g/mol. The minimum absolute atomic E-state index is 0.199. The Morgan fingerprint density at radius 1 is 0.298 bits per heavy atom. The number of ether oxygens (including phenoxy) is 13. The van der Waals surface area contributed by atoms with Crippen molar-refractivity contribution >= 4 is 5.97 Å². The molecule has 0 fully saturated rings. The van der Waals surface area contributed by atoms with Crippen molar-refractivity contribution in [3.05, 3.63) is 12.7 Å². The first-order valence-electron chi connectivity index (χ1n) is 22.0. The Bertz CT molecular complexity index is 763. The third kappa shape index (κ3) is 52.7. The van der Waals surface area contributed by atoms with Crippen LogP contribution in [-0.4, -0.2) is 171 Å². The number of rotatable bonds is 52. The van der Waals surface area contributed by atoms with Gasteiger partial charge in [-0.1, -0.05) is 97.0 Å². The predicted molar refractivity (Wildman–Crippen MR) is 221 cm³/mol. The Morgan fingerprint density at radius 2 is 0.491 bits per heavy atom. The number of carbonyl (C=O) groups excluding carboxylic acids is 1. The normalized spacial score (nSPS) is 11.5. The van der Waals surface area contributed by atoms with Crippen LogP contribution in [0.2, 0.25) is 0 Å². The molecule has 0 amide bonds. The lowest BCUT2D eigenvalue weighted by molar-refractivity contribution is -0.139. The van der Waals surface area contributed by atoms with Gasteiger partial charge in [-0.05, 0) is 6.42 Å². The molecule has 0 heterocycles. The average Bonchev–Trinajstić information content (AvgIpc) is 3.22. The molecule has 0 radical (unpaired) electrons. The maximum atomic E-state index is 10.9. The van der Waals surface area contributed by atoms with Crippen LogP contribution in [0.1, 0.15) is 96.8 Å². The summed E-state index contributed by atoms with van der Waals surface area (Å²) < 4.78 is 70.7. The number of hydrogen-bond donors (Lipinski definition) is 0. The molecule has 0 aromatic carbocycles. The molecule has 0 aliphatic carbocycles. The van der Waals surface area contributed by atoms with E-state index in [1.165, 1.54) is 83.5 Å². The van der Waals surface area contributed by atoms with Gasteiger partial charge < -0.3 is 61.6 Å². The van der Waals surface area contributed by atoms with E-state index < -0.39 is 5.97 Å². The van der Waals surface area contributed by atoms with Crippen molar-refractivity contribution in [2.75, 3.05) is 165 Å². The highest BCUT2D eigenvalue weighted by molar-refractivity contribution is 5.81. The Hall–Kier alpha value is -1.27. The van der Waals surface area contributed by atoms with Gasteiger partial charge in [0.15, 0.2) is 0 Å². The summed E-state index contributed by atoms with van der Waals surface area (Å²) in [6.07, 6.45) is 20.3. The highest BCUT2D eigenvalue weighted by atomic mass is 16.6. The van der Waals surface area contributed by atoms with Gasteiger partial charge in [-0.25, -0.2) is 4.79 Å². The van der Waals surface area contributed by atoms with Crippen LogP contribution in [0.3, 0.4) is 0 Å². The van der Waals surface area contributed by atoms with Crippen molar-refractivity contribution in [1.82, 2.24) is 0 Å². The van der Waals surface area contributed by atoms with E-state index in [-0.39, 0.29) is 6.61 Å². The Morgan fingerprint density at radius 3 is 0.719 bits per heavy atom. The molecule has 14 nitrogen and oxygen atoms in total. The maximum absolute atomic E-state index is 10.9. The second-order valence-electron chi connectivity index (χ2n) is 13.3. The van der Waals surface area contributed by atoms with Crippen LogP contribution < -0.4 is 0 Å². The minimum atomic E-state index is -0.458. The van der Waals surface area contributed by atoms with Gasteiger partial charge in [-0.3, -0.25) is 0 Å². The third-order valence-corrected chi connectivity index (χ3v) is 8.37. The summed E-state index contributed by atoms with van der Waals surface area (Å²) >= 11 is 0. The number of unbranched alkanes of at least 4 members (excludes halogenated alkanes) is 13. The SMILES string of the molecule is C=CC(=O)OCCOCCOCCOCCOCCOCCOCCOCCOCCOCCOCCOCCOCCCCCCCCCCCCCCCC. The van der Waals surface area contributed by atoms with Gasteiger partial charge in [0.2, 0.25) is 0 Å². The lowest BCUT2D eigenvalue weighted by Gasteiger charge is -2.09. The molecule has 14 heteroatoms. The second-order valence-corrected chi connectivity index (χ2v) is 13.3. The van der Waals surface area contributed by atoms with Crippen molar-refractivity contribution < 1.29 is 66.4 Å². The van der Waals surface area contributed by atoms with Crippen molar-refractivity contribution in [3.8, 4) is 0 Å². The van der Waals surface area contributed by atoms with Crippen LogP contribution in [0.25, 0.3) is 0 Å². The maximum Gasteiger partial charge on any atom is 0.330 e. The van der Waals surface area contributed by atoms with Crippen molar-refractivity contribution in [3.63, 3.8) is 0 Å². The molecular weight excluding hydrogens is 740 g/mol. The molecule has 0 spiro atoms. The first kappa shape index (κ1) is 55.7. The monoisotopic (exact) mass is 825 g/mol. The molecule has 0 aliphatic heterocycles. The summed E-state index contributed by atoms with van der Waals surface area (Å²) in [4.78, 5) is 10.9. The highest BCUT2D eigenvalue weighted by Crippen LogP contribution is 2.13. The fourth-order valence-electron chi connectivity index (χ4n) is 5.18. The molecule has 0 N–H and O–H groups in total. The van der Waals surface area contributed by atoms with Gasteiger partial charge in [0.25, 0.3) is 0 Å².